The Bertz CT molecular complexity index is 454. The molecule has 2 fully saturated rings. The second kappa shape index (κ2) is 6.56. The van der Waals surface area contributed by atoms with E-state index in [1.807, 2.05) is 7.05 Å². The summed E-state index contributed by atoms with van der Waals surface area (Å²) in [6.45, 7) is 3.23. The number of nitrogens with one attached hydrogen (secondary N) is 1. The molecule has 0 amide bonds. The first-order chi connectivity index (χ1) is 9.76. The van der Waals surface area contributed by atoms with Crippen molar-refractivity contribution in [3.05, 3.63) is 34.3 Å². The van der Waals surface area contributed by atoms with E-state index in [1.165, 1.54) is 24.9 Å². The van der Waals surface area contributed by atoms with Crippen LogP contribution in [0.4, 0.5) is 0 Å². The molecule has 1 aromatic rings. The van der Waals surface area contributed by atoms with E-state index in [9.17, 15) is 0 Å². The third-order valence-corrected chi connectivity index (χ3v) is 5.07. The van der Waals surface area contributed by atoms with Gasteiger partial charge in [-0.15, -0.1) is 0 Å². The lowest BCUT2D eigenvalue weighted by Gasteiger charge is -2.39. The third-order valence-electron chi connectivity index (χ3n) is 4.58. The molecule has 0 aromatic heterocycles. The summed E-state index contributed by atoms with van der Waals surface area (Å²) in [5.74, 6) is 0. The molecule has 2 aliphatic rings. The summed E-state index contributed by atoms with van der Waals surface area (Å²) in [5.41, 5.74) is 1.35. The summed E-state index contributed by atoms with van der Waals surface area (Å²) < 4.78 is 7.28. The zero-order chi connectivity index (χ0) is 13.9. The number of rotatable bonds is 4. The Morgan fingerprint density at radius 3 is 3.20 bits per heavy atom. The van der Waals surface area contributed by atoms with Crippen LogP contribution in [0.1, 0.15) is 18.4 Å². The Morgan fingerprint density at radius 1 is 1.50 bits per heavy atom. The second-order valence-corrected chi connectivity index (χ2v) is 6.81. The summed E-state index contributed by atoms with van der Waals surface area (Å²) in [6, 6.07) is 9.62. The van der Waals surface area contributed by atoms with E-state index in [0.29, 0.717) is 18.2 Å². The molecular formula is C16H23BrN2O. The molecule has 20 heavy (non-hydrogen) atoms. The SMILES string of the molecule is CNC(Cc1cccc(Br)c1)C1CN2CCCC2CO1. The Kier molecular flexibility index (Phi) is 4.76. The van der Waals surface area contributed by atoms with Crippen LogP contribution in [0.3, 0.4) is 0 Å². The van der Waals surface area contributed by atoms with Gasteiger partial charge in [0.2, 0.25) is 0 Å². The lowest BCUT2D eigenvalue weighted by atomic mass is 9.99. The van der Waals surface area contributed by atoms with E-state index >= 15 is 0 Å². The Morgan fingerprint density at radius 2 is 2.40 bits per heavy atom. The van der Waals surface area contributed by atoms with E-state index in [2.05, 4.69) is 50.4 Å². The number of likely N-dealkylation sites (N-methyl/N-ethyl adjacent to an activating group) is 1. The zero-order valence-electron chi connectivity index (χ0n) is 12.0. The lowest BCUT2D eigenvalue weighted by Crippen LogP contribution is -2.54. The minimum Gasteiger partial charge on any atom is -0.374 e. The summed E-state index contributed by atoms with van der Waals surface area (Å²) in [7, 11) is 2.04. The van der Waals surface area contributed by atoms with Crippen molar-refractivity contribution in [1.82, 2.24) is 10.2 Å². The summed E-state index contributed by atoms with van der Waals surface area (Å²) >= 11 is 3.55. The summed E-state index contributed by atoms with van der Waals surface area (Å²) in [6.07, 6.45) is 3.95. The number of halogens is 1. The largest absolute Gasteiger partial charge is 0.374 e. The summed E-state index contributed by atoms with van der Waals surface area (Å²) in [4.78, 5) is 2.61. The van der Waals surface area contributed by atoms with Crippen molar-refractivity contribution in [2.45, 2.75) is 37.5 Å². The molecule has 4 heteroatoms. The average Bonchev–Trinajstić information content (AvgIpc) is 2.92. The molecule has 3 nitrogen and oxygen atoms in total. The number of hydrogen-bond donors (Lipinski definition) is 1. The van der Waals surface area contributed by atoms with E-state index < -0.39 is 0 Å². The highest BCUT2D eigenvalue weighted by molar-refractivity contribution is 9.10. The van der Waals surface area contributed by atoms with Crippen LogP contribution in [-0.2, 0) is 11.2 Å². The number of ether oxygens (including phenoxy) is 1. The van der Waals surface area contributed by atoms with Gasteiger partial charge >= 0.3 is 0 Å². The van der Waals surface area contributed by atoms with Gasteiger partial charge in [0, 0.05) is 23.1 Å². The zero-order valence-corrected chi connectivity index (χ0v) is 13.6. The number of benzene rings is 1. The van der Waals surface area contributed by atoms with Crippen LogP contribution < -0.4 is 5.32 Å². The van der Waals surface area contributed by atoms with Gasteiger partial charge in [0.25, 0.3) is 0 Å². The van der Waals surface area contributed by atoms with Crippen LogP contribution in [0.25, 0.3) is 0 Å². The Balaban J connectivity index is 1.64. The van der Waals surface area contributed by atoms with Gasteiger partial charge < -0.3 is 10.1 Å². The Hall–Kier alpha value is -0.420. The summed E-state index contributed by atoms with van der Waals surface area (Å²) in [5, 5.41) is 3.45. The van der Waals surface area contributed by atoms with Gasteiger partial charge in [-0.1, -0.05) is 28.1 Å². The predicted molar refractivity (Wildman–Crippen MR) is 85.0 cm³/mol. The van der Waals surface area contributed by atoms with Crippen LogP contribution >= 0.6 is 15.9 Å². The van der Waals surface area contributed by atoms with E-state index in [-0.39, 0.29) is 0 Å². The third kappa shape index (κ3) is 3.25. The van der Waals surface area contributed by atoms with Crippen LogP contribution in [0.5, 0.6) is 0 Å². The molecule has 0 spiro atoms. The second-order valence-electron chi connectivity index (χ2n) is 5.89. The lowest BCUT2D eigenvalue weighted by molar-refractivity contribution is -0.0634. The number of morpholine rings is 1. The van der Waals surface area contributed by atoms with Crippen LogP contribution in [0.2, 0.25) is 0 Å². The van der Waals surface area contributed by atoms with Gasteiger partial charge in [0.1, 0.15) is 0 Å². The van der Waals surface area contributed by atoms with Crippen molar-refractivity contribution >= 4 is 15.9 Å². The first-order valence-electron chi connectivity index (χ1n) is 7.53. The monoisotopic (exact) mass is 338 g/mol. The van der Waals surface area contributed by atoms with Gasteiger partial charge in [-0.2, -0.15) is 0 Å². The maximum Gasteiger partial charge on any atom is 0.0858 e. The molecule has 2 heterocycles. The number of nitrogens with zero attached hydrogens (tertiary/aromatic N) is 1. The minimum atomic E-state index is 0.299. The first kappa shape index (κ1) is 14.5. The van der Waals surface area contributed by atoms with Crippen molar-refractivity contribution in [2.24, 2.45) is 0 Å². The fourth-order valence-electron chi connectivity index (χ4n) is 3.42. The minimum absolute atomic E-state index is 0.299. The maximum absolute atomic E-state index is 6.13. The molecule has 0 bridgehead atoms. The molecule has 0 radical (unpaired) electrons. The van der Waals surface area contributed by atoms with Crippen molar-refractivity contribution in [1.29, 1.82) is 0 Å². The molecule has 3 atom stereocenters. The molecule has 2 saturated heterocycles. The van der Waals surface area contributed by atoms with Crippen molar-refractivity contribution < 1.29 is 4.74 Å². The number of fused-ring (bicyclic) bond motifs is 1. The molecule has 3 unspecified atom stereocenters. The molecule has 0 saturated carbocycles. The highest BCUT2D eigenvalue weighted by Crippen LogP contribution is 2.25. The molecule has 3 rings (SSSR count). The fraction of sp³-hybridized carbons (Fsp3) is 0.625. The highest BCUT2D eigenvalue weighted by Gasteiger charge is 2.35. The average molecular weight is 339 g/mol. The normalized spacial score (nSPS) is 28.3. The van der Waals surface area contributed by atoms with Crippen LogP contribution in [-0.4, -0.2) is 49.8 Å². The van der Waals surface area contributed by atoms with Gasteiger partial charge in [0.05, 0.1) is 12.7 Å². The van der Waals surface area contributed by atoms with Crippen molar-refractivity contribution in [2.75, 3.05) is 26.7 Å². The molecule has 0 aliphatic carbocycles. The van der Waals surface area contributed by atoms with Crippen molar-refractivity contribution in [3.63, 3.8) is 0 Å². The van der Waals surface area contributed by atoms with Gasteiger partial charge in [0.15, 0.2) is 0 Å². The maximum atomic E-state index is 6.13. The fourth-order valence-corrected chi connectivity index (χ4v) is 3.87. The smallest absolute Gasteiger partial charge is 0.0858 e. The van der Waals surface area contributed by atoms with E-state index in [1.54, 1.807) is 0 Å². The molecular weight excluding hydrogens is 316 g/mol. The number of hydrogen-bond acceptors (Lipinski definition) is 3. The quantitative estimate of drug-likeness (QED) is 0.912. The predicted octanol–water partition coefficient (Wildman–Crippen LogP) is 2.44. The van der Waals surface area contributed by atoms with Gasteiger partial charge in [-0.25, -0.2) is 0 Å². The highest BCUT2D eigenvalue weighted by atomic mass is 79.9. The Labute approximate surface area is 129 Å². The molecule has 110 valence electrons. The standard InChI is InChI=1S/C16H23BrN2O/c1-18-15(9-12-4-2-5-13(17)8-12)16-10-19-7-3-6-14(19)11-20-16/h2,4-5,8,14-16,18H,3,6-7,9-11H2,1H3. The van der Waals surface area contributed by atoms with E-state index in [0.717, 1.165) is 24.0 Å². The topological polar surface area (TPSA) is 24.5 Å². The van der Waals surface area contributed by atoms with Crippen LogP contribution in [0.15, 0.2) is 28.7 Å². The van der Waals surface area contributed by atoms with Gasteiger partial charge in [-0.3, -0.25) is 4.90 Å². The molecule has 1 aromatic carbocycles. The van der Waals surface area contributed by atoms with E-state index in [4.69, 9.17) is 4.74 Å². The van der Waals surface area contributed by atoms with Crippen LogP contribution in [0, 0.1) is 0 Å². The molecule has 2 aliphatic heterocycles. The van der Waals surface area contributed by atoms with Gasteiger partial charge in [-0.05, 0) is 50.6 Å². The molecule has 1 N–H and O–H groups in total. The van der Waals surface area contributed by atoms with Crippen molar-refractivity contribution in [3.8, 4) is 0 Å². The first-order valence-corrected chi connectivity index (χ1v) is 8.33.